The van der Waals surface area contributed by atoms with E-state index in [0.29, 0.717) is 0 Å². The van der Waals surface area contributed by atoms with Gasteiger partial charge in [0.25, 0.3) is 0 Å². The second-order valence-corrected chi connectivity index (χ2v) is 29.5. The lowest BCUT2D eigenvalue weighted by Gasteiger charge is -2.46. The highest BCUT2D eigenvalue weighted by Gasteiger charge is 2.50. The Balaban J connectivity index is 1.52. The molecule has 3 heterocycles. The number of fused-ring (bicyclic) bond motifs is 2. The van der Waals surface area contributed by atoms with Crippen molar-refractivity contribution >= 4 is 50.5 Å². The van der Waals surface area contributed by atoms with Crippen LogP contribution in [0.25, 0.3) is 10.8 Å². The van der Waals surface area contributed by atoms with Crippen LogP contribution in [0.4, 0.5) is 5.69 Å². The zero-order valence-corrected chi connectivity index (χ0v) is 52.0. The van der Waals surface area contributed by atoms with E-state index in [-0.39, 0.29) is 44.6 Å². The highest BCUT2D eigenvalue weighted by molar-refractivity contribution is 7.12. The van der Waals surface area contributed by atoms with Crippen LogP contribution >= 0.6 is 34.0 Å². The van der Waals surface area contributed by atoms with Crippen LogP contribution in [-0.4, -0.2) is 6.54 Å². The molecule has 2 aliphatic carbocycles. The third kappa shape index (κ3) is 10.4. The van der Waals surface area contributed by atoms with Gasteiger partial charge in [-0.3, -0.25) is 0 Å². The lowest BCUT2D eigenvalue weighted by Crippen LogP contribution is -2.44. The summed E-state index contributed by atoms with van der Waals surface area (Å²) in [6.07, 6.45) is 22.9. The number of rotatable bonds is 28. The average molecular weight is 1050 g/mol. The Kier molecular flexibility index (Phi) is 18.2. The van der Waals surface area contributed by atoms with Gasteiger partial charge in [0, 0.05) is 106 Å². The first-order chi connectivity index (χ1) is 34.5. The first kappa shape index (κ1) is 58.2. The Labute approximate surface area is 456 Å². The molecule has 5 unspecified atom stereocenters. The molecular formula is C67H103N3S3. The second-order valence-electron chi connectivity index (χ2n) is 26.4. The van der Waals surface area contributed by atoms with Crippen molar-refractivity contribution in [2.24, 2.45) is 22.3 Å². The van der Waals surface area contributed by atoms with Gasteiger partial charge in [0.1, 0.15) is 0 Å². The van der Waals surface area contributed by atoms with Gasteiger partial charge in [-0.2, -0.15) is 0 Å². The summed E-state index contributed by atoms with van der Waals surface area (Å²) >= 11 is 6.27. The molecule has 0 saturated carbocycles. The van der Waals surface area contributed by atoms with Crippen molar-refractivity contribution < 1.29 is 0 Å². The van der Waals surface area contributed by atoms with Crippen molar-refractivity contribution in [2.45, 2.75) is 273 Å². The van der Waals surface area contributed by atoms with Gasteiger partial charge in [-0.05, 0) is 101 Å². The van der Waals surface area contributed by atoms with Crippen molar-refractivity contribution in [3.63, 3.8) is 0 Å². The number of thiophene rings is 3. The summed E-state index contributed by atoms with van der Waals surface area (Å²) in [6, 6.07) is 13.1. The molecule has 5 N–H and O–H groups in total. The number of nitrogens with two attached hydrogens (primary N) is 2. The molecule has 5 atom stereocenters. The maximum Gasteiger partial charge on any atom is 0.0433 e. The Morgan fingerprint density at radius 3 is 1.48 bits per heavy atom. The smallest absolute Gasteiger partial charge is 0.0433 e. The molecule has 6 heteroatoms. The zero-order valence-electron chi connectivity index (χ0n) is 49.6. The quantitative estimate of drug-likeness (QED) is 0.0428. The Morgan fingerprint density at radius 2 is 0.904 bits per heavy atom. The summed E-state index contributed by atoms with van der Waals surface area (Å²) in [4.78, 5) is 6.04. The number of anilines is 1. The van der Waals surface area contributed by atoms with E-state index in [1.807, 2.05) is 0 Å². The van der Waals surface area contributed by atoms with Gasteiger partial charge in [0.2, 0.25) is 0 Å². The fourth-order valence-electron chi connectivity index (χ4n) is 12.6. The fourth-order valence-corrected chi connectivity index (χ4v) is 17.7. The minimum Gasteiger partial charge on any atom is -0.385 e. The Morgan fingerprint density at radius 1 is 0.438 bits per heavy atom. The summed E-state index contributed by atoms with van der Waals surface area (Å²) in [5.41, 5.74) is 19.2. The van der Waals surface area contributed by atoms with Crippen LogP contribution < -0.4 is 16.8 Å². The summed E-state index contributed by atoms with van der Waals surface area (Å²) < 4.78 is 2.90. The Hall–Kier alpha value is -2.48. The van der Waals surface area contributed by atoms with Gasteiger partial charge in [-0.25, -0.2) is 0 Å². The third-order valence-electron chi connectivity index (χ3n) is 20.1. The molecule has 0 saturated heterocycles. The molecule has 0 amide bonds. The topological polar surface area (TPSA) is 64.1 Å². The van der Waals surface area contributed by atoms with E-state index in [4.69, 9.17) is 11.5 Å². The molecule has 0 bridgehead atoms. The zero-order chi connectivity index (χ0) is 53.5. The SMILES string of the molecule is CCCCCCCCNc1cc2c3c(c(C(N)CCCCCCC)cc4c3c1=c1cc(C(C)(CC)C(C)(CC)c3sc(C(C)(CC)C(C)(C)C)cc3C(N)CCCCC)sc1=4)=c1cc(C(C)(C)C(C)(C)C)sc1=2. The van der Waals surface area contributed by atoms with Crippen LogP contribution in [0.3, 0.4) is 0 Å². The van der Waals surface area contributed by atoms with E-state index < -0.39 is 0 Å². The molecule has 404 valence electrons. The normalized spacial score (nSPS) is 16.6. The summed E-state index contributed by atoms with van der Waals surface area (Å²) in [5, 5.41) is 15.7. The highest BCUT2D eigenvalue weighted by Crippen LogP contribution is 2.57. The molecule has 0 radical (unpaired) electrons. The van der Waals surface area contributed by atoms with E-state index in [9.17, 15) is 0 Å². The van der Waals surface area contributed by atoms with Crippen LogP contribution in [0.5, 0.6) is 0 Å². The standard InChI is InChI=1S/C67H103N3S3/c1-18-24-27-29-31-34-37-70-51-39-46-57-55(47-41-52(71-60(46)47)64(13,14)62(7,8)9)43(49(68)36-33-30-28-25-19-2)38-45-58(57)56(51)48-42-54(72-59(45)48)66(16,22-5)67(17,23-6)61-44(50(69)35-32-26-20-3)40-53(73-61)65(15,21-4)63(10,11)12/h38-42,49-50,70H,18-37,68-69H2,1-17H3. The van der Waals surface area contributed by atoms with Crippen LogP contribution in [0.2, 0.25) is 0 Å². The minimum atomic E-state index is -0.140. The first-order valence-electron chi connectivity index (χ1n) is 29.8. The lowest BCUT2D eigenvalue weighted by atomic mass is 9.60. The van der Waals surface area contributed by atoms with Crippen LogP contribution in [0.1, 0.15) is 282 Å². The monoisotopic (exact) mass is 1050 g/mol. The molecule has 0 fully saturated rings. The van der Waals surface area contributed by atoms with Gasteiger partial charge < -0.3 is 16.8 Å². The largest absolute Gasteiger partial charge is 0.385 e. The molecular weight excluding hydrogens is 943 g/mol. The summed E-state index contributed by atoms with van der Waals surface area (Å²) in [6.45, 7) is 42.5. The molecule has 0 aliphatic heterocycles. The molecule has 5 aromatic rings. The third-order valence-corrected chi connectivity index (χ3v) is 24.7. The molecule has 3 aromatic heterocycles. The number of unbranched alkanes of at least 4 members (excludes halogenated alkanes) is 11. The van der Waals surface area contributed by atoms with E-state index in [0.717, 1.165) is 38.6 Å². The maximum absolute atomic E-state index is 7.60. The van der Waals surface area contributed by atoms with Crippen LogP contribution in [0.15, 0.2) is 30.3 Å². The number of hydrogen-bond donors (Lipinski definition) is 3. The van der Waals surface area contributed by atoms with Gasteiger partial charge >= 0.3 is 0 Å². The van der Waals surface area contributed by atoms with Crippen LogP contribution in [0, 0.1) is 51.2 Å². The van der Waals surface area contributed by atoms with Crippen molar-refractivity contribution in [2.75, 3.05) is 11.9 Å². The molecule has 0 spiro atoms. The average Bonchev–Trinajstić information content (AvgIpc) is 4.19. The first-order valence-corrected chi connectivity index (χ1v) is 32.3. The number of hydrogen-bond acceptors (Lipinski definition) is 6. The predicted octanol–water partition coefficient (Wildman–Crippen LogP) is 20.6. The fraction of sp³-hybridized carbons (Fsp3) is 0.672. The molecule has 73 heavy (non-hydrogen) atoms. The van der Waals surface area contributed by atoms with Crippen LogP contribution in [-0.2, 0) is 21.7 Å². The predicted molar refractivity (Wildman–Crippen MR) is 326 cm³/mol. The second kappa shape index (κ2) is 22.8. The van der Waals surface area contributed by atoms with E-state index in [1.54, 1.807) is 0 Å². The number of nitrogens with one attached hydrogen (secondary N) is 1. The molecule has 3 nitrogen and oxygen atoms in total. The molecule has 7 rings (SSSR count). The van der Waals surface area contributed by atoms with Gasteiger partial charge in [-0.15, -0.1) is 34.0 Å². The molecule has 2 aromatic carbocycles. The van der Waals surface area contributed by atoms with Gasteiger partial charge in [-0.1, -0.05) is 201 Å². The molecule has 2 aliphatic rings. The van der Waals surface area contributed by atoms with Crippen molar-refractivity contribution in [3.8, 4) is 0 Å². The van der Waals surface area contributed by atoms with Crippen molar-refractivity contribution in [3.05, 3.63) is 101 Å². The minimum absolute atomic E-state index is 0.0167. The van der Waals surface area contributed by atoms with E-state index >= 15 is 0 Å². The summed E-state index contributed by atoms with van der Waals surface area (Å²) in [7, 11) is 0. The van der Waals surface area contributed by atoms with Crippen molar-refractivity contribution in [1.82, 2.24) is 0 Å². The number of benzene rings is 2. The lowest BCUT2D eigenvalue weighted by molar-refractivity contribution is 0.200. The highest BCUT2D eigenvalue weighted by atomic mass is 32.1. The summed E-state index contributed by atoms with van der Waals surface area (Å²) in [5.74, 6) is 0. The van der Waals surface area contributed by atoms with Gasteiger partial charge in [0.05, 0.1) is 0 Å². The van der Waals surface area contributed by atoms with E-state index in [1.165, 1.54) is 177 Å². The van der Waals surface area contributed by atoms with E-state index in [2.05, 4.69) is 187 Å². The Bertz CT molecular complexity index is 3120. The van der Waals surface area contributed by atoms with Gasteiger partial charge in [0.15, 0.2) is 0 Å². The maximum atomic E-state index is 7.60. The van der Waals surface area contributed by atoms with Crippen molar-refractivity contribution in [1.29, 1.82) is 0 Å².